The Balaban J connectivity index is 2.09. The van der Waals surface area contributed by atoms with Gasteiger partial charge in [-0.3, -0.25) is 4.79 Å². The predicted molar refractivity (Wildman–Crippen MR) is 101 cm³/mol. The van der Waals surface area contributed by atoms with Crippen molar-refractivity contribution in [1.82, 2.24) is 5.32 Å². The quantitative estimate of drug-likeness (QED) is 0.847. The molecule has 0 radical (unpaired) electrons. The molecule has 0 unspecified atom stereocenters. The lowest BCUT2D eigenvalue weighted by molar-refractivity contribution is 0.0951. The van der Waals surface area contributed by atoms with Crippen molar-refractivity contribution in [3.8, 4) is 11.5 Å². The van der Waals surface area contributed by atoms with E-state index < -0.39 is 0 Å². The summed E-state index contributed by atoms with van der Waals surface area (Å²) in [7, 11) is 3.11. The molecule has 25 heavy (non-hydrogen) atoms. The highest BCUT2D eigenvalue weighted by molar-refractivity contribution is 6.31. The monoisotopic (exact) mass is 361 g/mol. The number of methoxy groups -OCH3 is 2. The summed E-state index contributed by atoms with van der Waals surface area (Å²) in [6.45, 7) is 6.72. The average Bonchev–Trinajstić information content (AvgIpc) is 2.59. The highest BCUT2D eigenvalue weighted by Gasteiger charge is 2.15. The maximum Gasteiger partial charge on any atom is 0.251 e. The molecule has 0 heterocycles. The second kappa shape index (κ2) is 7.79. The molecular weight excluding hydrogens is 338 g/mol. The molecule has 0 aliphatic rings. The van der Waals surface area contributed by atoms with Crippen molar-refractivity contribution in [1.29, 1.82) is 0 Å². The molecule has 0 saturated heterocycles. The SMILES string of the molecule is COc1cc(Cl)c(CNC(=O)c2ccc(C(C)(C)C)cc2)cc1OC. The average molecular weight is 362 g/mol. The molecule has 1 N–H and O–H groups in total. The van der Waals surface area contributed by atoms with Crippen LogP contribution in [-0.4, -0.2) is 20.1 Å². The van der Waals surface area contributed by atoms with Crippen LogP contribution in [-0.2, 0) is 12.0 Å². The van der Waals surface area contributed by atoms with E-state index in [-0.39, 0.29) is 11.3 Å². The van der Waals surface area contributed by atoms with Crippen LogP contribution in [0.15, 0.2) is 36.4 Å². The van der Waals surface area contributed by atoms with E-state index in [0.29, 0.717) is 28.6 Å². The molecule has 0 aromatic heterocycles. The Bertz CT molecular complexity index is 749. The van der Waals surface area contributed by atoms with Crippen LogP contribution in [0, 0.1) is 0 Å². The number of halogens is 1. The number of amides is 1. The molecule has 0 bridgehead atoms. The van der Waals surface area contributed by atoms with Gasteiger partial charge in [-0.15, -0.1) is 0 Å². The Hall–Kier alpha value is -2.20. The van der Waals surface area contributed by atoms with Crippen molar-refractivity contribution < 1.29 is 14.3 Å². The number of benzene rings is 2. The molecule has 0 atom stereocenters. The first-order chi connectivity index (χ1) is 11.8. The molecule has 5 heteroatoms. The van der Waals surface area contributed by atoms with Gasteiger partial charge in [0.25, 0.3) is 5.91 Å². The van der Waals surface area contributed by atoms with Gasteiger partial charge in [0.05, 0.1) is 14.2 Å². The number of hydrogen-bond acceptors (Lipinski definition) is 3. The van der Waals surface area contributed by atoms with Crippen LogP contribution in [0.2, 0.25) is 5.02 Å². The Morgan fingerprint density at radius 2 is 1.60 bits per heavy atom. The Kier molecular flexibility index (Phi) is 5.96. The van der Waals surface area contributed by atoms with Gasteiger partial charge in [-0.05, 0) is 34.7 Å². The van der Waals surface area contributed by atoms with E-state index >= 15 is 0 Å². The fraction of sp³-hybridized carbons (Fsp3) is 0.350. The van der Waals surface area contributed by atoms with Crippen molar-refractivity contribution in [2.75, 3.05) is 14.2 Å². The lowest BCUT2D eigenvalue weighted by Gasteiger charge is -2.19. The summed E-state index contributed by atoms with van der Waals surface area (Å²) in [4.78, 5) is 12.4. The minimum Gasteiger partial charge on any atom is -0.493 e. The van der Waals surface area contributed by atoms with E-state index in [0.717, 1.165) is 5.56 Å². The predicted octanol–water partition coefficient (Wildman–Crippen LogP) is 4.58. The molecule has 0 saturated carbocycles. The zero-order chi connectivity index (χ0) is 18.6. The van der Waals surface area contributed by atoms with E-state index in [1.807, 2.05) is 24.3 Å². The van der Waals surface area contributed by atoms with Crippen LogP contribution in [0.1, 0.15) is 42.3 Å². The van der Waals surface area contributed by atoms with Gasteiger partial charge in [0.15, 0.2) is 11.5 Å². The third-order valence-electron chi connectivity index (χ3n) is 4.01. The number of ether oxygens (including phenoxy) is 2. The van der Waals surface area contributed by atoms with Gasteiger partial charge in [0, 0.05) is 23.2 Å². The van der Waals surface area contributed by atoms with Gasteiger partial charge in [-0.2, -0.15) is 0 Å². The zero-order valence-corrected chi connectivity index (χ0v) is 16.0. The first-order valence-electron chi connectivity index (χ1n) is 8.05. The first kappa shape index (κ1) is 19.1. The number of carbonyl (C=O) groups is 1. The van der Waals surface area contributed by atoms with E-state index in [4.69, 9.17) is 21.1 Å². The normalized spacial score (nSPS) is 11.1. The molecule has 0 aliphatic heterocycles. The number of rotatable bonds is 5. The minimum atomic E-state index is -0.147. The van der Waals surface area contributed by atoms with Gasteiger partial charge in [0.1, 0.15) is 0 Å². The Morgan fingerprint density at radius 1 is 1.04 bits per heavy atom. The second-order valence-electron chi connectivity index (χ2n) is 6.81. The lowest BCUT2D eigenvalue weighted by atomic mass is 9.87. The molecule has 2 aromatic rings. The summed E-state index contributed by atoms with van der Waals surface area (Å²) >= 11 is 6.25. The summed E-state index contributed by atoms with van der Waals surface area (Å²) in [5.74, 6) is 0.984. The van der Waals surface area contributed by atoms with E-state index in [2.05, 4.69) is 26.1 Å². The highest BCUT2D eigenvalue weighted by atomic mass is 35.5. The number of nitrogens with one attached hydrogen (secondary N) is 1. The molecular formula is C20H24ClNO3. The first-order valence-corrected chi connectivity index (χ1v) is 8.43. The standard InChI is InChI=1S/C20H24ClNO3/c1-20(2,3)15-8-6-13(7-9-15)19(23)22-12-14-10-17(24-4)18(25-5)11-16(14)21/h6-11H,12H2,1-5H3,(H,22,23). The molecule has 0 aliphatic carbocycles. The van der Waals surface area contributed by atoms with Crippen LogP contribution in [0.25, 0.3) is 0 Å². The van der Waals surface area contributed by atoms with Crippen LogP contribution in [0.4, 0.5) is 0 Å². The molecule has 2 rings (SSSR count). The van der Waals surface area contributed by atoms with Crippen molar-refractivity contribution in [2.45, 2.75) is 32.7 Å². The second-order valence-corrected chi connectivity index (χ2v) is 7.22. The summed E-state index contributed by atoms with van der Waals surface area (Å²) in [6, 6.07) is 11.1. The van der Waals surface area contributed by atoms with Crippen molar-refractivity contribution in [2.24, 2.45) is 0 Å². The van der Waals surface area contributed by atoms with Gasteiger partial charge in [-0.1, -0.05) is 44.5 Å². The third-order valence-corrected chi connectivity index (χ3v) is 4.36. The van der Waals surface area contributed by atoms with Crippen molar-refractivity contribution in [3.05, 3.63) is 58.1 Å². The zero-order valence-electron chi connectivity index (χ0n) is 15.3. The van der Waals surface area contributed by atoms with Gasteiger partial charge < -0.3 is 14.8 Å². The van der Waals surface area contributed by atoms with E-state index in [9.17, 15) is 4.79 Å². The maximum absolute atomic E-state index is 12.4. The van der Waals surface area contributed by atoms with E-state index in [1.54, 1.807) is 26.4 Å². The molecule has 2 aromatic carbocycles. The smallest absolute Gasteiger partial charge is 0.251 e. The summed E-state index contributed by atoms with van der Waals surface area (Å²) in [6.07, 6.45) is 0. The number of carbonyl (C=O) groups excluding carboxylic acids is 1. The van der Waals surface area contributed by atoms with Crippen molar-refractivity contribution >= 4 is 17.5 Å². The van der Waals surface area contributed by atoms with E-state index in [1.165, 1.54) is 5.56 Å². The topological polar surface area (TPSA) is 47.6 Å². The van der Waals surface area contributed by atoms with Gasteiger partial charge >= 0.3 is 0 Å². The fourth-order valence-electron chi connectivity index (χ4n) is 2.43. The summed E-state index contributed by atoms with van der Waals surface area (Å²) < 4.78 is 10.5. The van der Waals surface area contributed by atoms with Crippen LogP contribution < -0.4 is 14.8 Å². The molecule has 4 nitrogen and oxygen atoms in total. The van der Waals surface area contributed by atoms with Gasteiger partial charge in [-0.25, -0.2) is 0 Å². The van der Waals surface area contributed by atoms with Crippen LogP contribution in [0.5, 0.6) is 11.5 Å². The number of hydrogen-bond donors (Lipinski definition) is 1. The molecule has 0 spiro atoms. The van der Waals surface area contributed by atoms with Gasteiger partial charge in [0.2, 0.25) is 0 Å². The van der Waals surface area contributed by atoms with Crippen molar-refractivity contribution in [3.63, 3.8) is 0 Å². The molecule has 134 valence electrons. The maximum atomic E-state index is 12.4. The Morgan fingerprint density at radius 3 is 2.12 bits per heavy atom. The Labute approximate surface area is 154 Å². The third kappa shape index (κ3) is 4.67. The minimum absolute atomic E-state index is 0.0577. The summed E-state index contributed by atoms with van der Waals surface area (Å²) in [5, 5.41) is 3.40. The largest absolute Gasteiger partial charge is 0.493 e. The fourth-order valence-corrected chi connectivity index (χ4v) is 2.65. The lowest BCUT2D eigenvalue weighted by Crippen LogP contribution is -2.23. The molecule has 1 amide bonds. The van der Waals surface area contributed by atoms with Crippen LogP contribution in [0.3, 0.4) is 0 Å². The highest BCUT2D eigenvalue weighted by Crippen LogP contribution is 2.33. The summed E-state index contributed by atoms with van der Waals surface area (Å²) in [5.41, 5.74) is 2.62. The van der Waals surface area contributed by atoms with Crippen LogP contribution >= 0.6 is 11.6 Å². The molecule has 0 fully saturated rings.